The van der Waals surface area contributed by atoms with Crippen molar-refractivity contribution >= 4 is 11.9 Å². The van der Waals surface area contributed by atoms with Crippen molar-refractivity contribution in [3.8, 4) is 11.5 Å². The Morgan fingerprint density at radius 3 is 2.63 bits per heavy atom. The maximum absolute atomic E-state index is 11.9. The molecule has 1 aliphatic carbocycles. The number of nitrogens with one attached hydrogen (secondary N) is 2. The number of nitrogens with zero attached hydrogens (tertiary/aromatic N) is 1. The molecule has 1 fully saturated rings. The van der Waals surface area contributed by atoms with Crippen LogP contribution in [0.4, 0.5) is 0 Å². The maximum Gasteiger partial charge on any atom is 0.222 e. The lowest BCUT2D eigenvalue weighted by molar-refractivity contribution is -0.121. The smallest absolute Gasteiger partial charge is 0.222 e. The van der Waals surface area contributed by atoms with Crippen molar-refractivity contribution in [1.82, 2.24) is 10.6 Å². The van der Waals surface area contributed by atoms with Gasteiger partial charge in [0.05, 0.1) is 20.8 Å². The second-order valence-corrected chi connectivity index (χ2v) is 6.79. The van der Waals surface area contributed by atoms with Crippen LogP contribution in [0.3, 0.4) is 0 Å². The van der Waals surface area contributed by atoms with E-state index in [1.54, 1.807) is 14.2 Å². The molecule has 0 spiro atoms. The van der Waals surface area contributed by atoms with Gasteiger partial charge in [0.15, 0.2) is 17.5 Å². The van der Waals surface area contributed by atoms with Gasteiger partial charge in [0, 0.05) is 19.0 Å². The van der Waals surface area contributed by atoms with E-state index in [1.165, 1.54) is 19.3 Å². The van der Waals surface area contributed by atoms with Crippen LogP contribution in [0.15, 0.2) is 23.2 Å². The third kappa shape index (κ3) is 7.37. The Bertz CT molecular complexity index is 628. The highest BCUT2D eigenvalue weighted by atomic mass is 16.5. The number of benzene rings is 1. The minimum absolute atomic E-state index is 0.0591. The average molecular weight is 377 g/mol. The molecule has 0 atom stereocenters. The first kappa shape index (κ1) is 20.9. The zero-order valence-corrected chi connectivity index (χ0v) is 16.4. The lowest BCUT2D eigenvalue weighted by Crippen LogP contribution is -2.37. The number of methoxy groups -OCH3 is 2. The summed E-state index contributed by atoms with van der Waals surface area (Å²) >= 11 is 0. The molecule has 1 aromatic carbocycles. The Kier molecular flexibility index (Phi) is 8.74. The molecule has 1 saturated carbocycles. The number of amides is 1. The highest BCUT2D eigenvalue weighted by Gasteiger charge is 2.15. The molecule has 0 saturated heterocycles. The SMILES string of the molecule is COc1ccc(CCNC(N)=NCCC(=O)NC2CCCCC2)cc1OC. The Hall–Kier alpha value is -2.44. The molecule has 7 nitrogen and oxygen atoms in total. The van der Waals surface area contributed by atoms with Crippen LogP contribution in [0.5, 0.6) is 11.5 Å². The van der Waals surface area contributed by atoms with E-state index in [-0.39, 0.29) is 5.91 Å². The molecule has 0 radical (unpaired) electrons. The number of nitrogens with two attached hydrogens (primary N) is 1. The fourth-order valence-electron chi connectivity index (χ4n) is 3.25. The summed E-state index contributed by atoms with van der Waals surface area (Å²) < 4.78 is 10.5. The van der Waals surface area contributed by atoms with Gasteiger partial charge in [-0.2, -0.15) is 0 Å². The van der Waals surface area contributed by atoms with Gasteiger partial charge in [-0.15, -0.1) is 0 Å². The molecule has 27 heavy (non-hydrogen) atoms. The van der Waals surface area contributed by atoms with Gasteiger partial charge in [-0.05, 0) is 37.0 Å². The summed E-state index contributed by atoms with van der Waals surface area (Å²) in [6.07, 6.45) is 7.03. The standard InChI is InChI=1S/C20H32N4O3/c1-26-17-9-8-15(14-18(17)27-2)10-12-22-20(21)23-13-11-19(25)24-16-6-4-3-5-7-16/h8-9,14,16H,3-7,10-13H2,1-2H3,(H,24,25)(H3,21,22,23). The first-order valence-corrected chi connectivity index (χ1v) is 9.66. The van der Waals surface area contributed by atoms with Gasteiger partial charge in [0.25, 0.3) is 0 Å². The van der Waals surface area contributed by atoms with Crippen molar-refractivity contribution in [2.75, 3.05) is 27.3 Å². The van der Waals surface area contributed by atoms with Crippen molar-refractivity contribution in [3.63, 3.8) is 0 Å². The number of ether oxygens (including phenoxy) is 2. The second kappa shape index (κ2) is 11.3. The predicted octanol–water partition coefficient (Wildman–Crippen LogP) is 1.99. The summed E-state index contributed by atoms with van der Waals surface area (Å²) in [6, 6.07) is 6.17. The summed E-state index contributed by atoms with van der Waals surface area (Å²) in [6.45, 7) is 1.05. The van der Waals surface area contributed by atoms with E-state index in [2.05, 4.69) is 15.6 Å². The van der Waals surface area contributed by atoms with Crippen LogP contribution in [-0.4, -0.2) is 45.2 Å². The number of carbonyl (C=O) groups excluding carboxylic acids is 1. The first-order chi connectivity index (χ1) is 13.1. The Morgan fingerprint density at radius 1 is 1.19 bits per heavy atom. The van der Waals surface area contributed by atoms with Crippen LogP contribution < -0.4 is 25.8 Å². The molecule has 0 aromatic heterocycles. The van der Waals surface area contributed by atoms with Crippen molar-refractivity contribution < 1.29 is 14.3 Å². The Labute approximate surface area is 161 Å². The van der Waals surface area contributed by atoms with Crippen LogP contribution in [0.2, 0.25) is 0 Å². The number of aliphatic imine (C=N–C) groups is 1. The topological polar surface area (TPSA) is 98.0 Å². The molecular weight excluding hydrogens is 344 g/mol. The van der Waals surface area contributed by atoms with E-state index in [0.29, 0.717) is 43.0 Å². The fourth-order valence-corrected chi connectivity index (χ4v) is 3.25. The van der Waals surface area contributed by atoms with Crippen LogP contribution >= 0.6 is 0 Å². The fraction of sp³-hybridized carbons (Fsp3) is 0.600. The average Bonchev–Trinajstić information content (AvgIpc) is 2.68. The van der Waals surface area contributed by atoms with Gasteiger partial charge < -0.3 is 25.8 Å². The monoisotopic (exact) mass is 376 g/mol. The molecule has 0 heterocycles. The van der Waals surface area contributed by atoms with Gasteiger partial charge in [0.1, 0.15) is 0 Å². The highest BCUT2D eigenvalue weighted by Crippen LogP contribution is 2.27. The van der Waals surface area contributed by atoms with Crippen molar-refractivity contribution in [1.29, 1.82) is 0 Å². The van der Waals surface area contributed by atoms with Crippen molar-refractivity contribution in [2.24, 2.45) is 10.7 Å². The number of guanidine groups is 1. The lowest BCUT2D eigenvalue weighted by Gasteiger charge is -2.22. The molecule has 150 valence electrons. The number of carbonyl (C=O) groups is 1. The summed E-state index contributed by atoms with van der Waals surface area (Å²) in [5.74, 6) is 1.84. The lowest BCUT2D eigenvalue weighted by atomic mass is 9.95. The van der Waals surface area contributed by atoms with E-state index >= 15 is 0 Å². The molecule has 7 heteroatoms. The minimum atomic E-state index is 0.0591. The van der Waals surface area contributed by atoms with E-state index in [4.69, 9.17) is 15.2 Å². The molecule has 1 aliphatic rings. The first-order valence-electron chi connectivity index (χ1n) is 9.66. The van der Waals surface area contributed by atoms with Gasteiger partial charge in [-0.25, -0.2) is 0 Å². The molecule has 1 aromatic rings. The maximum atomic E-state index is 11.9. The third-order valence-electron chi connectivity index (χ3n) is 4.76. The van der Waals surface area contributed by atoms with Crippen LogP contribution in [0.1, 0.15) is 44.1 Å². The normalized spacial score (nSPS) is 15.3. The van der Waals surface area contributed by atoms with Gasteiger partial charge >= 0.3 is 0 Å². The molecule has 0 unspecified atom stereocenters. The Balaban J connectivity index is 1.66. The molecular formula is C20H32N4O3. The quantitative estimate of drug-likeness (QED) is 0.452. The largest absolute Gasteiger partial charge is 0.493 e. The number of hydrogen-bond donors (Lipinski definition) is 3. The van der Waals surface area contributed by atoms with Gasteiger partial charge in [-0.3, -0.25) is 9.79 Å². The predicted molar refractivity (Wildman–Crippen MR) is 107 cm³/mol. The second-order valence-electron chi connectivity index (χ2n) is 6.79. The zero-order valence-electron chi connectivity index (χ0n) is 16.4. The molecule has 0 aliphatic heterocycles. The highest BCUT2D eigenvalue weighted by molar-refractivity contribution is 5.79. The van der Waals surface area contributed by atoms with E-state index in [9.17, 15) is 4.79 Å². The molecule has 0 bridgehead atoms. The summed E-state index contributed by atoms with van der Waals surface area (Å²) in [5.41, 5.74) is 6.98. The Morgan fingerprint density at radius 2 is 1.93 bits per heavy atom. The zero-order chi connectivity index (χ0) is 19.5. The van der Waals surface area contributed by atoms with E-state index < -0.39 is 0 Å². The summed E-state index contributed by atoms with van der Waals surface area (Å²) in [4.78, 5) is 16.2. The minimum Gasteiger partial charge on any atom is -0.493 e. The third-order valence-corrected chi connectivity index (χ3v) is 4.76. The molecule has 2 rings (SSSR count). The number of hydrogen-bond acceptors (Lipinski definition) is 4. The number of rotatable bonds is 9. The molecule has 4 N–H and O–H groups in total. The van der Waals surface area contributed by atoms with Crippen LogP contribution in [-0.2, 0) is 11.2 Å². The van der Waals surface area contributed by atoms with E-state index in [1.807, 2.05) is 18.2 Å². The van der Waals surface area contributed by atoms with Crippen molar-refractivity contribution in [3.05, 3.63) is 23.8 Å². The van der Waals surface area contributed by atoms with Crippen molar-refractivity contribution in [2.45, 2.75) is 51.0 Å². The molecule has 1 amide bonds. The van der Waals surface area contributed by atoms with Gasteiger partial charge in [0.2, 0.25) is 5.91 Å². The summed E-state index contributed by atoms with van der Waals surface area (Å²) in [5, 5.41) is 6.16. The van der Waals surface area contributed by atoms with Crippen LogP contribution in [0, 0.1) is 0 Å². The van der Waals surface area contributed by atoms with Gasteiger partial charge in [-0.1, -0.05) is 25.3 Å². The van der Waals surface area contributed by atoms with E-state index in [0.717, 1.165) is 24.8 Å². The summed E-state index contributed by atoms with van der Waals surface area (Å²) in [7, 11) is 3.24. The van der Waals surface area contributed by atoms with Crippen LogP contribution in [0.25, 0.3) is 0 Å².